The molecule has 0 fully saturated rings. The summed E-state index contributed by atoms with van der Waals surface area (Å²) in [7, 11) is 0.797. The van der Waals surface area contributed by atoms with Crippen molar-refractivity contribution in [3.8, 4) is 0 Å². The molecular formula is C22H16Br2F9N3O2. The lowest BCUT2D eigenvalue weighted by molar-refractivity contribution is -0.139. The first kappa shape index (κ1) is 31.5. The lowest BCUT2D eigenvalue weighted by Crippen LogP contribution is -2.50. The van der Waals surface area contributed by atoms with Crippen LogP contribution in [0.3, 0.4) is 0 Å². The highest BCUT2D eigenvalue weighted by molar-refractivity contribution is 9.11. The van der Waals surface area contributed by atoms with Crippen LogP contribution in [-0.4, -0.2) is 42.9 Å². The fourth-order valence-corrected chi connectivity index (χ4v) is 4.36. The van der Waals surface area contributed by atoms with Gasteiger partial charge in [-0.25, -0.2) is 9.80 Å². The fraction of sp³-hybridized carbons (Fsp3) is 0.273. The van der Waals surface area contributed by atoms with Crippen LogP contribution in [-0.2, 0) is 6.18 Å². The highest BCUT2D eigenvalue weighted by Gasteiger charge is 2.39. The van der Waals surface area contributed by atoms with E-state index in [9.17, 15) is 49.1 Å². The van der Waals surface area contributed by atoms with Gasteiger partial charge in [0.25, 0.3) is 5.91 Å². The number of carbonyl (C=O) groups excluding carboxylic acids is 2. The van der Waals surface area contributed by atoms with Gasteiger partial charge in [0.05, 0.1) is 17.0 Å². The number of hydrogen-bond acceptors (Lipinski definition) is 2. The smallest absolute Gasteiger partial charge is 0.327 e. The zero-order chi connectivity index (χ0) is 29.1. The van der Waals surface area contributed by atoms with E-state index in [-0.39, 0.29) is 16.1 Å². The number of urea groups is 1. The number of amides is 3. The summed E-state index contributed by atoms with van der Waals surface area (Å²) in [6, 6.07) is 4.47. The number of benzene rings is 2. The molecule has 0 aliphatic rings. The lowest BCUT2D eigenvalue weighted by Gasteiger charge is -2.21. The fourth-order valence-electron chi connectivity index (χ4n) is 3.03. The second kappa shape index (κ2) is 12.0. The van der Waals surface area contributed by atoms with Crippen molar-refractivity contribution in [1.29, 1.82) is 0 Å². The van der Waals surface area contributed by atoms with Gasteiger partial charge in [0.1, 0.15) is 6.54 Å². The van der Waals surface area contributed by atoms with Crippen molar-refractivity contribution in [1.82, 2.24) is 15.8 Å². The zero-order valence-electron chi connectivity index (χ0n) is 18.8. The van der Waals surface area contributed by atoms with E-state index in [0.717, 1.165) is 19.2 Å². The topological polar surface area (TPSA) is 61.4 Å². The minimum atomic E-state index is -5.15. The van der Waals surface area contributed by atoms with Gasteiger partial charge in [-0.15, -0.1) is 0 Å². The van der Waals surface area contributed by atoms with Crippen LogP contribution in [0.2, 0.25) is 0 Å². The summed E-state index contributed by atoms with van der Waals surface area (Å²) in [5, 5.41) is 1.63. The molecule has 0 aromatic heterocycles. The largest absolute Gasteiger partial charge is 0.417 e. The van der Waals surface area contributed by atoms with E-state index in [1.165, 1.54) is 23.5 Å². The summed E-state index contributed by atoms with van der Waals surface area (Å²) in [5.74, 6) is -3.68. The number of alkyl halides is 9. The summed E-state index contributed by atoms with van der Waals surface area (Å²) in [6.07, 6.45) is -13.2. The number of nitrogens with one attached hydrogen (secondary N) is 2. The first-order valence-electron chi connectivity index (χ1n) is 10.1. The molecule has 2 aromatic carbocycles. The summed E-state index contributed by atoms with van der Waals surface area (Å²) >= 11 is 6.15. The zero-order valence-corrected chi connectivity index (χ0v) is 22.0. The Morgan fingerprint density at radius 2 is 1.53 bits per heavy atom. The normalized spacial score (nSPS) is 13.4. The Balaban J connectivity index is 2.35. The molecule has 1 atom stereocenters. The maximum Gasteiger partial charge on any atom is 0.417 e. The molecule has 16 heteroatoms. The van der Waals surface area contributed by atoms with E-state index >= 15 is 0 Å². The van der Waals surface area contributed by atoms with Crippen LogP contribution in [0, 0.1) is 0 Å². The van der Waals surface area contributed by atoms with Crippen LogP contribution in [0.15, 0.2) is 51.4 Å². The van der Waals surface area contributed by atoms with Crippen LogP contribution in [0.4, 0.5) is 44.3 Å². The first-order chi connectivity index (χ1) is 17.3. The molecule has 0 saturated heterocycles. The second-order valence-electron chi connectivity index (χ2n) is 7.66. The third-order valence-corrected chi connectivity index (χ3v) is 5.60. The van der Waals surface area contributed by atoms with Gasteiger partial charge in [-0.1, -0.05) is 50.1 Å². The highest BCUT2D eigenvalue weighted by Crippen LogP contribution is 2.39. The van der Waals surface area contributed by atoms with Gasteiger partial charge in [-0.2, -0.15) is 39.5 Å². The van der Waals surface area contributed by atoms with E-state index in [2.05, 4.69) is 31.9 Å². The third-order valence-electron chi connectivity index (χ3n) is 4.69. The molecule has 0 aliphatic carbocycles. The van der Waals surface area contributed by atoms with Crippen LogP contribution in [0.1, 0.15) is 33.0 Å². The van der Waals surface area contributed by atoms with Crippen molar-refractivity contribution < 1.29 is 49.1 Å². The van der Waals surface area contributed by atoms with E-state index in [1.807, 2.05) is 0 Å². The predicted molar refractivity (Wildman–Crippen MR) is 126 cm³/mol. The Morgan fingerprint density at radius 3 is 2.03 bits per heavy atom. The number of carbonyl (C=O) groups is 2. The van der Waals surface area contributed by atoms with Gasteiger partial charge in [-0.3, -0.25) is 10.2 Å². The maximum absolute atomic E-state index is 13.7. The molecular weight excluding hydrogens is 669 g/mol. The molecule has 38 heavy (non-hydrogen) atoms. The van der Waals surface area contributed by atoms with Gasteiger partial charge < -0.3 is 5.32 Å². The highest BCUT2D eigenvalue weighted by atomic mass is 79.9. The molecule has 208 valence electrons. The molecule has 2 rings (SSSR count). The molecule has 5 nitrogen and oxygen atoms in total. The van der Waals surface area contributed by atoms with Crippen LogP contribution >= 0.6 is 31.9 Å². The van der Waals surface area contributed by atoms with Gasteiger partial charge in [0, 0.05) is 16.0 Å². The molecule has 0 spiro atoms. The number of hydrogen-bond donors (Lipinski definition) is 2. The summed E-state index contributed by atoms with van der Waals surface area (Å²) in [5.41, 5.74) is -1.39. The van der Waals surface area contributed by atoms with Crippen molar-refractivity contribution in [2.75, 3.05) is 13.6 Å². The molecule has 0 heterocycles. The Morgan fingerprint density at radius 1 is 0.947 bits per heavy atom. The standard InChI is InChI=1S/C22H16Br2F9N3O2/c1-36(19(38)34-10-20(25,26)27)35-18(37)15-4-2-11(6-17(15)22(31,32)33)3-5-16(21(28,29)30)12-7-13(23)9-14(24)8-12/h2-9,16H,10H2,1H3,(H,34,38)(H,35,37). The van der Waals surface area contributed by atoms with Crippen molar-refractivity contribution in [3.63, 3.8) is 0 Å². The molecule has 0 bridgehead atoms. The molecule has 0 radical (unpaired) electrons. The Labute approximate surface area is 226 Å². The minimum Gasteiger partial charge on any atom is -0.327 e. The molecule has 3 amide bonds. The lowest BCUT2D eigenvalue weighted by atomic mass is 9.96. The Hall–Kier alpha value is -2.75. The molecule has 2 aromatic rings. The van der Waals surface area contributed by atoms with E-state index in [1.54, 1.807) is 5.43 Å². The second-order valence-corrected chi connectivity index (χ2v) is 9.49. The van der Waals surface area contributed by atoms with Crippen molar-refractivity contribution in [2.24, 2.45) is 0 Å². The van der Waals surface area contributed by atoms with Gasteiger partial charge >= 0.3 is 24.6 Å². The van der Waals surface area contributed by atoms with Gasteiger partial charge in [-0.05, 0) is 41.5 Å². The SMILES string of the molecule is CN(NC(=O)c1ccc(C=CC(c2cc(Br)cc(Br)c2)C(F)(F)F)cc1C(F)(F)F)C(=O)NCC(F)(F)F. The number of allylic oxidation sites excluding steroid dienone is 1. The van der Waals surface area contributed by atoms with E-state index < -0.39 is 54.1 Å². The Kier molecular flexibility index (Phi) is 9.91. The molecule has 2 N–H and O–H groups in total. The predicted octanol–water partition coefficient (Wildman–Crippen LogP) is 7.44. The summed E-state index contributed by atoms with van der Waals surface area (Å²) in [4.78, 5) is 24.0. The number of halogens is 11. The minimum absolute atomic E-state index is 0.200. The first-order valence-corrected chi connectivity index (χ1v) is 11.7. The number of rotatable bonds is 5. The van der Waals surface area contributed by atoms with Crippen LogP contribution in [0.25, 0.3) is 6.08 Å². The van der Waals surface area contributed by atoms with Crippen molar-refractivity contribution >= 4 is 49.9 Å². The monoisotopic (exact) mass is 683 g/mol. The summed E-state index contributed by atoms with van der Waals surface area (Å²) < 4.78 is 119. The average Bonchev–Trinajstić information content (AvgIpc) is 2.74. The van der Waals surface area contributed by atoms with Crippen molar-refractivity contribution in [3.05, 3.63) is 73.7 Å². The maximum atomic E-state index is 13.7. The number of nitrogens with zero attached hydrogens (tertiary/aromatic N) is 1. The van der Waals surface area contributed by atoms with E-state index in [4.69, 9.17) is 0 Å². The molecule has 0 saturated carbocycles. The van der Waals surface area contributed by atoms with Crippen LogP contribution in [0.5, 0.6) is 0 Å². The number of hydrazine groups is 1. The van der Waals surface area contributed by atoms with Gasteiger partial charge in [0.15, 0.2) is 0 Å². The van der Waals surface area contributed by atoms with Crippen molar-refractivity contribution in [2.45, 2.75) is 24.4 Å². The average molecular weight is 685 g/mol. The molecule has 1 unspecified atom stereocenters. The van der Waals surface area contributed by atoms with Gasteiger partial charge in [0.2, 0.25) is 0 Å². The summed E-state index contributed by atoms with van der Waals surface area (Å²) in [6.45, 7) is -1.75. The van der Waals surface area contributed by atoms with Crippen LogP contribution < -0.4 is 10.7 Å². The Bertz CT molecular complexity index is 1190. The van der Waals surface area contributed by atoms with E-state index in [0.29, 0.717) is 27.2 Å². The third kappa shape index (κ3) is 9.22. The molecule has 0 aliphatic heterocycles. The quantitative estimate of drug-likeness (QED) is 0.254.